The maximum atomic E-state index is 13.5. The van der Waals surface area contributed by atoms with Crippen molar-refractivity contribution < 1.29 is 8.78 Å². The molecule has 0 amide bonds. The second kappa shape index (κ2) is 9.79. The quantitative estimate of drug-likeness (QED) is 0.722. The molecule has 2 aliphatic heterocycles. The zero-order chi connectivity index (χ0) is 20.1. The van der Waals surface area contributed by atoms with Crippen LogP contribution in [0.3, 0.4) is 0 Å². The predicted molar refractivity (Wildman–Crippen MR) is 113 cm³/mol. The third kappa shape index (κ3) is 5.41. The number of benzene rings is 2. The monoisotopic (exact) mass is 399 g/mol. The molecule has 0 saturated carbocycles. The number of rotatable bonds is 6. The summed E-state index contributed by atoms with van der Waals surface area (Å²) in [4.78, 5) is 7.59. The van der Waals surface area contributed by atoms with Gasteiger partial charge in [-0.1, -0.05) is 30.7 Å². The second-order valence-electron chi connectivity index (χ2n) is 8.29. The van der Waals surface area contributed by atoms with Gasteiger partial charge in [0.1, 0.15) is 11.6 Å². The number of piperazine rings is 1. The Morgan fingerprint density at radius 2 is 1.03 bits per heavy atom. The Morgan fingerprint density at radius 3 is 1.52 bits per heavy atom. The number of hydrogen-bond acceptors (Lipinski definition) is 3. The molecule has 2 saturated heterocycles. The molecule has 0 aliphatic carbocycles. The molecule has 0 spiro atoms. The van der Waals surface area contributed by atoms with Crippen molar-refractivity contribution in [2.75, 3.05) is 52.4 Å². The minimum atomic E-state index is -0.228. The molecule has 156 valence electrons. The topological polar surface area (TPSA) is 9.72 Å². The van der Waals surface area contributed by atoms with Gasteiger partial charge in [-0.15, -0.1) is 0 Å². The molecule has 2 aliphatic rings. The first kappa shape index (κ1) is 20.5. The van der Waals surface area contributed by atoms with Crippen molar-refractivity contribution in [3.05, 3.63) is 71.3 Å². The predicted octanol–water partition coefficient (Wildman–Crippen LogP) is 4.16. The van der Waals surface area contributed by atoms with E-state index in [0.29, 0.717) is 0 Å². The van der Waals surface area contributed by atoms with Crippen LogP contribution >= 0.6 is 0 Å². The lowest BCUT2D eigenvalue weighted by molar-refractivity contribution is 0.0961. The maximum absolute atomic E-state index is 13.5. The van der Waals surface area contributed by atoms with Crippen LogP contribution in [-0.4, -0.2) is 67.1 Å². The van der Waals surface area contributed by atoms with Crippen molar-refractivity contribution in [3.8, 4) is 0 Å². The molecule has 0 N–H and O–H groups in total. The van der Waals surface area contributed by atoms with E-state index in [1.807, 2.05) is 24.3 Å². The van der Waals surface area contributed by atoms with Crippen LogP contribution in [0.15, 0.2) is 48.5 Å². The average molecular weight is 400 g/mol. The molecule has 2 fully saturated rings. The summed E-state index contributed by atoms with van der Waals surface area (Å²) in [5.41, 5.74) is 2.11. The molecule has 2 aromatic carbocycles. The number of halogens is 2. The van der Waals surface area contributed by atoms with Crippen LogP contribution in [0.5, 0.6) is 0 Å². The zero-order valence-electron chi connectivity index (χ0n) is 17.1. The Hall–Kier alpha value is -1.82. The Labute approximate surface area is 172 Å². The van der Waals surface area contributed by atoms with Crippen LogP contribution in [0.25, 0.3) is 0 Å². The van der Waals surface area contributed by atoms with Gasteiger partial charge in [-0.05, 0) is 61.3 Å². The molecule has 2 heterocycles. The molecule has 29 heavy (non-hydrogen) atoms. The van der Waals surface area contributed by atoms with Gasteiger partial charge in [-0.2, -0.15) is 0 Å². The number of piperidine rings is 1. The fourth-order valence-corrected chi connectivity index (χ4v) is 4.62. The average Bonchev–Trinajstić information content (AvgIpc) is 2.77. The Bertz CT molecular complexity index is 703. The van der Waals surface area contributed by atoms with Crippen molar-refractivity contribution in [2.24, 2.45) is 0 Å². The lowest BCUT2D eigenvalue weighted by atomic mass is 9.96. The second-order valence-corrected chi connectivity index (χ2v) is 8.29. The van der Waals surface area contributed by atoms with Crippen molar-refractivity contribution >= 4 is 0 Å². The molecule has 0 aromatic heterocycles. The van der Waals surface area contributed by atoms with Gasteiger partial charge < -0.3 is 4.90 Å². The summed E-state index contributed by atoms with van der Waals surface area (Å²) >= 11 is 0. The highest BCUT2D eigenvalue weighted by atomic mass is 19.1. The van der Waals surface area contributed by atoms with E-state index in [0.717, 1.165) is 43.9 Å². The third-order valence-electron chi connectivity index (χ3n) is 6.32. The Balaban J connectivity index is 1.40. The summed E-state index contributed by atoms with van der Waals surface area (Å²) in [6.07, 6.45) is 4.05. The Morgan fingerprint density at radius 1 is 0.586 bits per heavy atom. The van der Waals surface area contributed by atoms with E-state index in [1.165, 1.54) is 63.2 Å². The lowest BCUT2D eigenvalue weighted by Crippen LogP contribution is -2.49. The standard InChI is InChI=1S/C24H31F2N3/c25-22-8-4-20(5-9-22)24(21-6-10-23(26)11-7-21)29-18-16-28(17-19-29)15-14-27-12-2-1-3-13-27/h4-11,24H,1-3,12-19H2. The smallest absolute Gasteiger partial charge is 0.123 e. The molecule has 0 unspecified atom stereocenters. The van der Waals surface area contributed by atoms with Crippen LogP contribution in [-0.2, 0) is 0 Å². The maximum Gasteiger partial charge on any atom is 0.123 e. The van der Waals surface area contributed by atoms with E-state index >= 15 is 0 Å². The zero-order valence-corrected chi connectivity index (χ0v) is 17.1. The molecule has 0 atom stereocenters. The largest absolute Gasteiger partial charge is 0.302 e. The van der Waals surface area contributed by atoms with Gasteiger partial charge in [0, 0.05) is 39.3 Å². The summed E-state index contributed by atoms with van der Waals surface area (Å²) in [6, 6.07) is 13.5. The summed E-state index contributed by atoms with van der Waals surface area (Å²) in [6.45, 7) is 8.78. The van der Waals surface area contributed by atoms with Crippen molar-refractivity contribution in [1.29, 1.82) is 0 Å². The highest BCUT2D eigenvalue weighted by Crippen LogP contribution is 2.30. The first-order valence-corrected chi connectivity index (χ1v) is 10.9. The summed E-state index contributed by atoms with van der Waals surface area (Å²) < 4.78 is 26.9. The van der Waals surface area contributed by atoms with Crippen molar-refractivity contribution in [2.45, 2.75) is 25.3 Å². The molecule has 3 nitrogen and oxygen atoms in total. The van der Waals surface area contributed by atoms with Gasteiger partial charge >= 0.3 is 0 Å². The van der Waals surface area contributed by atoms with E-state index in [9.17, 15) is 8.78 Å². The van der Waals surface area contributed by atoms with Crippen molar-refractivity contribution in [3.63, 3.8) is 0 Å². The van der Waals surface area contributed by atoms with Crippen LogP contribution in [0.1, 0.15) is 36.4 Å². The van der Waals surface area contributed by atoms with Crippen LogP contribution in [0.2, 0.25) is 0 Å². The first-order chi connectivity index (χ1) is 14.2. The van der Waals surface area contributed by atoms with Gasteiger partial charge in [0.05, 0.1) is 6.04 Å². The highest BCUT2D eigenvalue weighted by Gasteiger charge is 2.26. The molecular formula is C24H31F2N3. The summed E-state index contributed by atoms with van der Waals surface area (Å²) in [5.74, 6) is -0.455. The minimum Gasteiger partial charge on any atom is -0.302 e. The van der Waals surface area contributed by atoms with Crippen LogP contribution in [0, 0.1) is 11.6 Å². The van der Waals surface area contributed by atoms with E-state index in [-0.39, 0.29) is 17.7 Å². The summed E-state index contributed by atoms with van der Waals surface area (Å²) in [7, 11) is 0. The minimum absolute atomic E-state index is 0.0282. The number of hydrogen-bond donors (Lipinski definition) is 0. The number of nitrogens with zero attached hydrogens (tertiary/aromatic N) is 3. The van der Waals surface area contributed by atoms with Gasteiger partial charge in [0.25, 0.3) is 0 Å². The van der Waals surface area contributed by atoms with Gasteiger partial charge in [0.15, 0.2) is 0 Å². The third-order valence-corrected chi connectivity index (χ3v) is 6.32. The van der Waals surface area contributed by atoms with Crippen LogP contribution < -0.4 is 0 Å². The van der Waals surface area contributed by atoms with E-state index in [1.54, 1.807) is 0 Å². The first-order valence-electron chi connectivity index (χ1n) is 10.9. The SMILES string of the molecule is Fc1ccc(C(c2ccc(F)cc2)N2CCN(CCN3CCCCC3)CC2)cc1. The van der Waals surface area contributed by atoms with E-state index in [4.69, 9.17) is 0 Å². The molecular weight excluding hydrogens is 368 g/mol. The molecule has 4 rings (SSSR count). The highest BCUT2D eigenvalue weighted by molar-refractivity contribution is 5.32. The summed E-state index contributed by atoms with van der Waals surface area (Å²) in [5, 5.41) is 0. The fourth-order valence-electron chi connectivity index (χ4n) is 4.62. The fraction of sp³-hybridized carbons (Fsp3) is 0.500. The molecule has 0 radical (unpaired) electrons. The lowest BCUT2D eigenvalue weighted by Gasteiger charge is -2.40. The van der Waals surface area contributed by atoms with Gasteiger partial charge in [-0.3, -0.25) is 9.80 Å². The van der Waals surface area contributed by atoms with Crippen LogP contribution in [0.4, 0.5) is 8.78 Å². The normalized spacial score (nSPS) is 19.7. The van der Waals surface area contributed by atoms with Gasteiger partial charge in [-0.25, -0.2) is 8.78 Å². The Kier molecular flexibility index (Phi) is 6.90. The van der Waals surface area contributed by atoms with E-state index in [2.05, 4.69) is 14.7 Å². The van der Waals surface area contributed by atoms with Crippen molar-refractivity contribution in [1.82, 2.24) is 14.7 Å². The van der Waals surface area contributed by atoms with E-state index < -0.39 is 0 Å². The number of likely N-dealkylation sites (tertiary alicyclic amines) is 1. The van der Waals surface area contributed by atoms with Gasteiger partial charge in [0.2, 0.25) is 0 Å². The molecule has 0 bridgehead atoms. The molecule has 2 aromatic rings. The molecule has 5 heteroatoms.